The number of methoxy groups -OCH3 is 1. The fraction of sp³-hybridized carbons (Fsp3) is 0.362. The zero-order valence-electron chi connectivity index (χ0n) is 38.4. The number of halogens is 2. The molecule has 4 atom stereocenters. The van der Waals surface area contributed by atoms with Crippen LogP contribution >= 0.6 is 34.5 Å². The molecule has 2 aliphatic heterocycles. The molecule has 1 fully saturated rings. The van der Waals surface area contributed by atoms with Gasteiger partial charge in [0.05, 0.1) is 19.4 Å². The average molecular weight is 1030 g/mol. The Labute approximate surface area is 414 Å². The molecule has 0 radical (unpaired) electrons. The van der Waals surface area contributed by atoms with Crippen molar-refractivity contribution in [2.24, 2.45) is 5.16 Å². The number of thiazole rings is 1. The summed E-state index contributed by atoms with van der Waals surface area (Å²) in [5.41, 5.74) is -1.23. The first-order chi connectivity index (χ1) is 32.7. The molecule has 0 unspecified atom stereocenters. The van der Waals surface area contributed by atoms with E-state index in [0.29, 0.717) is 33.8 Å². The predicted octanol–water partition coefficient (Wildman–Crippen LogP) is 6.96. The number of aromatic nitrogens is 1. The van der Waals surface area contributed by atoms with Crippen LogP contribution in [0.3, 0.4) is 0 Å². The SMILES string of the molecule is COc1ccc(COC(=O)[C@H](CC(=O)OC(C)(C)C)ON=C(C(=O)N[C@@H]2C(=O)N3C(C(=O)OC(c4ccccc4)c4ccccc4)=C(CCl)C[S@@+]([O-])[C@H]23)c2nc(NC(=O)OC(C)(C)C)sc2Cl)cc1. The van der Waals surface area contributed by atoms with Crippen molar-refractivity contribution >= 4 is 92.4 Å². The lowest BCUT2D eigenvalue weighted by molar-refractivity contribution is -0.169. The van der Waals surface area contributed by atoms with E-state index in [-0.39, 0.29) is 39.0 Å². The van der Waals surface area contributed by atoms with Crippen molar-refractivity contribution < 1.29 is 61.8 Å². The van der Waals surface area contributed by atoms with Gasteiger partial charge in [-0.25, -0.2) is 19.4 Å². The van der Waals surface area contributed by atoms with Crippen LogP contribution in [0.25, 0.3) is 0 Å². The predicted molar refractivity (Wildman–Crippen MR) is 256 cm³/mol. The topological polar surface area (TPSA) is 233 Å². The average Bonchev–Trinajstić information content (AvgIpc) is 3.65. The molecule has 4 aromatic rings. The quantitative estimate of drug-likeness (QED) is 0.0207. The maximum absolute atomic E-state index is 14.5. The van der Waals surface area contributed by atoms with Gasteiger partial charge in [-0.05, 0) is 81.5 Å². The monoisotopic (exact) mass is 1030 g/mol. The van der Waals surface area contributed by atoms with Crippen LogP contribution in [0.2, 0.25) is 4.34 Å². The second-order valence-corrected chi connectivity index (χ2v) is 20.7. The number of ether oxygens (including phenoxy) is 5. The number of β-lactam (4-membered cyclic amide) rings is 1. The van der Waals surface area contributed by atoms with Crippen LogP contribution in [0.1, 0.15) is 76.5 Å². The first kappa shape index (κ1) is 52.2. The van der Waals surface area contributed by atoms with E-state index in [1.807, 2.05) is 12.1 Å². The summed E-state index contributed by atoms with van der Waals surface area (Å²) in [6, 6.07) is 22.9. The largest absolute Gasteiger partial charge is 0.614 e. The lowest BCUT2D eigenvalue weighted by atomic mass is 10.0. The standard InChI is InChI=1S/C47H49Cl2N5O13S2/c1-46(2,3)65-32(55)22-31(42(58)63-24-26-18-20-30(62-7)21-19-26)67-53-34(33-38(49)68-44(51-33)52-45(60)66-47(4,5)6)39(56)50-35-40(57)54-36(29(23-48)25-69(61)41(35)54)43(59)64-37(27-14-10-8-11-15-27)28-16-12-9-13-17-28/h8-21,31,35,37,41H,22-25H2,1-7H3,(H,50,56)(H,51,52,60)/t31-,35+,41+,69+/m0/s1. The second kappa shape index (κ2) is 22.5. The molecule has 2 aliphatic rings. The summed E-state index contributed by atoms with van der Waals surface area (Å²) in [5, 5.41) is 7.45. The Kier molecular flexibility index (Phi) is 17.0. The molecule has 1 aromatic heterocycles. The van der Waals surface area contributed by atoms with Gasteiger partial charge in [-0.2, -0.15) is 0 Å². The van der Waals surface area contributed by atoms with Gasteiger partial charge in [0, 0.05) is 5.57 Å². The Morgan fingerprint density at radius 2 is 1.54 bits per heavy atom. The van der Waals surface area contributed by atoms with Crippen LogP contribution in [0, 0.1) is 0 Å². The summed E-state index contributed by atoms with van der Waals surface area (Å²) >= 11 is 11.7. The zero-order chi connectivity index (χ0) is 50.2. The normalized spacial score (nSPS) is 17.5. The Morgan fingerprint density at radius 3 is 2.10 bits per heavy atom. The first-order valence-electron chi connectivity index (χ1n) is 21.2. The van der Waals surface area contributed by atoms with Gasteiger partial charge in [-0.1, -0.05) is 101 Å². The van der Waals surface area contributed by atoms with Gasteiger partial charge < -0.3 is 38.4 Å². The molecular weight excluding hydrogens is 978 g/mol. The number of rotatable bonds is 17. The minimum absolute atomic E-state index is 0.153. The highest BCUT2D eigenvalue weighted by molar-refractivity contribution is 7.92. The molecule has 0 aliphatic carbocycles. The molecule has 3 amide bonds. The molecule has 6 rings (SSSR count). The van der Waals surface area contributed by atoms with Gasteiger partial charge in [0.2, 0.25) is 11.5 Å². The van der Waals surface area contributed by atoms with Crippen LogP contribution in [-0.2, 0) is 65.5 Å². The summed E-state index contributed by atoms with van der Waals surface area (Å²) < 4.78 is 41.1. The summed E-state index contributed by atoms with van der Waals surface area (Å²) in [7, 11) is 1.49. The third-order valence-corrected chi connectivity index (χ3v) is 12.9. The van der Waals surface area contributed by atoms with E-state index in [4.69, 9.17) is 51.7 Å². The van der Waals surface area contributed by atoms with E-state index in [1.54, 1.807) is 114 Å². The van der Waals surface area contributed by atoms with Crippen molar-refractivity contribution in [3.05, 3.63) is 123 Å². The maximum Gasteiger partial charge on any atom is 0.413 e. The minimum atomic E-state index is -1.92. The van der Waals surface area contributed by atoms with Gasteiger partial charge >= 0.3 is 24.0 Å². The van der Waals surface area contributed by atoms with Crippen LogP contribution in [0.15, 0.2) is 101 Å². The lowest BCUT2D eigenvalue weighted by Gasteiger charge is -2.49. The molecule has 3 heterocycles. The molecule has 2 N–H and O–H groups in total. The Bertz CT molecular complexity index is 2560. The highest BCUT2D eigenvalue weighted by Crippen LogP contribution is 2.39. The van der Waals surface area contributed by atoms with Gasteiger partial charge in [0.15, 0.2) is 23.0 Å². The van der Waals surface area contributed by atoms with Crippen molar-refractivity contribution in [1.82, 2.24) is 15.2 Å². The molecular formula is C47H49Cl2N5O13S2. The number of carbonyl (C=O) groups excluding carboxylic acids is 6. The number of fused-ring (bicyclic) bond motifs is 1. The fourth-order valence-electron chi connectivity index (χ4n) is 6.77. The van der Waals surface area contributed by atoms with Gasteiger partial charge in [-0.15, -0.1) is 11.6 Å². The molecule has 366 valence electrons. The van der Waals surface area contributed by atoms with E-state index in [0.717, 1.165) is 4.90 Å². The summed E-state index contributed by atoms with van der Waals surface area (Å²) in [6.07, 6.45) is -4.38. The van der Waals surface area contributed by atoms with Crippen LogP contribution in [-0.4, -0.2) is 103 Å². The van der Waals surface area contributed by atoms with E-state index >= 15 is 0 Å². The smallest absolute Gasteiger partial charge is 0.413 e. The molecule has 22 heteroatoms. The fourth-order valence-corrected chi connectivity index (χ4v) is 9.82. The van der Waals surface area contributed by atoms with Crippen molar-refractivity contribution in [1.29, 1.82) is 0 Å². The number of nitrogens with zero attached hydrogens (tertiary/aromatic N) is 3. The third kappa shape index (κ3) is 13.5. The van der Waals surface area contributed by atoms with E-state index in [2.05, 4.69) is 20.8 Å². The number of anilines is 1. The molecule has 0 saturated carbocycles. The number of esters is 3. The van der Waals surface area contributed by atoms with Crippen LogP contribution in [0.4, 0.5) is 9.93 Å². The van der Waals surface area contributed by atoms with Crippen LogP contribution < -0.4 is 15.4 Å². The molecule has 18 nitrogen and oxygen atoms in total. The number of nitrogens with one attached hydrogen (secondary N) is 2. The number of hydrogen-bond donors (Lipinski definition) is 2. The highest BCUT2D eigenvalue weighted by Gasteiger charge is 2.61. The van der Waals surface area contributed by atoms with Gasteiger partial charge in [0.25, 0.3) is 11.8 Å². The van der Waals surface area contributed by atoms with E-state index in [9.17, 15) is 33.3 Å². The van der Waals surface area contributed by atoms with Crippen molar-refractivity contribution in [3.8, 4) is 5.75 Å². The number of alkyl halides is 1. The molecule has 1 saturated heterocycles. The number of benzene rings is 3. The molecule has 0 spiro atoms. The molecule has 69 heavy (non-hydrogen) atoms. The highest BCUT2D eigenvalue weighted by atomic mass is 35.5. The van der Waals surface area contributed by atoms with E-state index < -0.39 is 99.6 Å². The van der Waals surface area contributed by atoms with Crippen molar-refractivity contribution in [2.45, 2.75) is 89.4 Å². The van der Waals surface area contributed by atoms with E-state index in [1.165, 1.54) is 7.11 Å². The lowest BCUT2D eigenvalue weighted by Crippen LogP contribution is -2.75. The summed E-state index contributed by atoms with van der Waals surface area (Å²) in [5.74, 6) is -4.89. The van der Waals surface area contributed by atoms with Crippen molar-refractivity contribution in [2.75, 3.05) is 24.1 Å². The maximum atomic E-state index is 14.5. The number of amides is 3. The number of carbonyl (C=O) groups is 6. The zero-order valence-corrected chi connectivity index (χ0v) is 41.6. The third-order valence-electron chi connectivity index (χ3n) is 9.75. The summed E-state index contributed by atoms with van der Waals surface area (Å²) in [4.78, 5) is 93.1. The Balaban J connectivity index is 1.30. The van der Waals surface area contributed by atoms with Gasteiger partial charge in [-0.3, -0.25) is 24.6 Å². The molecule has 3 aromatic carbocycles. The second-order valence-electron chi connectivity index (χ2n) is 17.3. The van der Waals surface area contributed by atoms with Crippen molar-refractivity contribution in [3.63, 3.8) is 0 Å². The Morgan fingerprint density at radius 1 is 0.928 bits per heavy atom. The Hall–Kier alpha value is -6.19. The minimum Gasteiger partial charge on any atom is -0.614 e. The summed E-state index contributed by atoms with van der Waals surface area (Å²) in [6.45, 7) is 9.50. The first-order valence-corrected chi connectivity index (χ1v) is 24.3. The van der Waals surface area contributed by atoms with Crippen LogP contribution in [0.5, 0.6) is 5.75 Å². The number of oxime groups is 1. The van der Waals surface area contributed by atoms with Gasteiger partial charge in [0.1, 0.15) is 45.0 Å². The molecule has 0 bridgehead atoms. The number of hydrogen-bond acceptors (Lipinski definition) is 16.